The van der Waals surface area contributed by atoms with E-state index in [1.807, 2.05) is 12.1 Å². The fourth-order valence-corrected chi connectivity index (χ4v) is 5.27. The Balaban J connectivity index is 1.41. The normalized spacial score (nSPS) is 11.4. The van der Waals surface area contributed by atoms with Crippen LogP contribution in [0.4, 0.5) is 0 Å². The van der Waals surface area contributed by atoms with Crippen molar-refractivity contribution >= 4 is 21.9 Å². The van der Waals surface area contributed by atoms with E-state index >= 15 is 0 Å². The fourth-order valence-electron chi connectivity index (χ4n) is 5.27. The fraction of sp³-hybridized carbons (Fsp3) is 0.485. The SMILES string of the molecule is COc1ccc(-c2cc(=O)c3c(cc(OC)c4cc(CCCCCCCCCCCCCO)oc43)o2)cc1OC. The lowest BCUT2D eigenvalue weighted by atomic mass is 10.0. The molecule has 0 bridgehead atoms. The Labute approximate surface area is 236 Å². The van der Waals surface area contributed by atoms with E-state index < -0.39 is 0 Å². The van der Waals surface area contributed by atoms with Gasteiger partial charge in [0.05, 0.1) is 26.7 Å². The third-order valence-corrected chi connectivity index (χ3v) is 7.48. The smallest absolute Gasteiger partial charge is 0.197 e. The average Bonchev–Trinajstić information content (AvgIpc) is 3.40. The number of hydrogen-bond donors (Lipinski definition) is 1. The summed E-state index contributed by atoms with van der Waals surface area (Å²) in [5.41, 5.74) is 1.45. The third kappa shape index (κ3) is 7.19. The van der Waals surface area contributed by atoms with E-state index in [2.05, 4.69) is 0 Å². The predicted molar refractivity (Wildman–Crippen MR) is 159 cm³/mol. The van der Waals surface area contributed by atoms with Crippen LogP contribution in [-0.2, 0) is 6.42 Å². The molecule has 2 aromatic heterocycles. The number of aliphatic hydroxyl groups is 1. The Bertz CT molecular complexity index is 1430. The van der Waals surface area contributed by atoms with E-state index in [1.165, 1.54) is 51.0 Å². The predicted octanol–water partition coefficient (Wildman–Crippen LogP) is 8.06. The van der Waals surface area contributed by atoms with Gasteiger partial charge in [-0.15, -0.1) is 0 Å². The Morgan fingerprint density at radius 2 is 1.30 bits per heavy atom. The van der Waals surface area contributed by atoms with Gasteiger partial charge in [0.15, 0.2) is 22.5 Å². The highest BCUT2D eigenvalue weighted by atomic mass is 16.5. The summed E-state index contributed by atoms with van der Waals surface area (Å²) in [7, 11) is 4.76. The van der Waals surface area contributed by atoms with Crippen molar-refractivity contribution in [3.05, 3.63) is 52.4 Å². The van der Waals surface area contributed by atoms with E-state index in [9.17, 15) is 4.79 Å². The van der Waals surface area contributed by atoms with Gasteiger partial charge in [-0.1, -0.05) is 57.8 Å². The van der Waals surface area contributed by atoms with E-state index in [0.29, 0.717) is 51.7 Å². The van der Waals surface area contributed by atoms with Crippen molar-refractivity contribution in [2.45, 2.75) is 77.0 Å². The number of furan rings is 1. The van der Waals surface area contributed by atoms with Crippen LogP contribution < -0.4 is 19.6 Å². The minimum atomic E-state index is -0.173. The molecule has 0 aliphatic heterocycles. The molecule has 0 amide bonds. The van der Waals surface area contributed by atoms with Gasteiger partial charge in [0, 0.05) is 30.7 Å². The van der Waals surface area contributed by atoms with Crippen molar-refractivity contribution in [1.29, 1.82) is 0 Å². The molecule has 7 nitrogen and oxygen atoms in total. The Morgan fingerprint density at radius 1 is 0.675 bits per heavy atom. The van der Waals surface area contributed by atoms with Gasteiger partial charge in [0.2, 0.25) is 0 Å². The number of aliphatic hydroxyl groups excluding tert-OH is 1. The van der Waals surface area contributed by atoms with Gasteiger partial charge in [-0.05, 0) is 37.1 Å². The van der Waals surface area contributed by atoms with Crippen molar-refractivity contribution in [2.24, 2.45) is 0 Å². The maximum atomic E-state index is 13.3. The molecule has 0 saturated heterocycles. The summed E-state index contributed by atoms with van der Waals surface area (Å²) in [5, 5.41) is 10.0. The molecule has 2 aromatic carbocycles. The summed E-state index contributed by atoms with van der Waals surface area (Å²) >= 11 is 0. The summed E-state index contributed by atoms with van der Waals surface area (Å²) in [5.74, 6) is 3.04. The molecule has 0 atom stereocenters. The minimum Gasteiger partial charge on any atom is -0.496 e. The van der Waals surface area contributed by atoms with Gasteiger partial charge in [-0.25, -0.2) is 0 Å². The summed E-state index contributed by atoms with van der Waals surface area (Å²) < 4.78 is 28.8. The molecule has 0 spiro atoms. The molecule has 0 fully saturated rings. The van der Waals surface area contributed by atoms with E-state index in [-0.39, 0.29) is 5.43 Å². The van der Waals surface area contributed by atoms with Crippen LogP contribution in [0.15, 0.2) is 50.0 Å². The largest absolute Gasteiger partial charge is 0.496 e. The summed E-state index contributed by atoms with van der Waals surface area (Å²) in [6.07, 6.45) is 14.0. The summed E-state index contributed by atoms with van der Waals surface area (Å²) in [4.78, 5) is 13.3. The van der Waals surface area contributed by atoms with Gasteiger partial charge < -0.3 is 28.2 Å². The molecule has 216 valence electrons. The molecule has 1 N–H and O–H groups in total. The Kier molecular flexibility index (Phi) is 10.9. The van der Waals surface area contributed by atoms with E-state index in [4.69, 9.17) is 28.2 Å². The molecule has 0 saturated carbocycles. The first-order valence-electron chi connectivity index (χ1n) is 14.5. The van der Waals surface area contributed by atoms with Gasteiger partial charge in [-0.2, -0.15) is 0 Å². The topological polar surface area (TPSA) is 91.3 Å². The van der Waals surface area contributed by atoms with Crippen LogP contribution in [0.25, 0.3) is 33.3 Å². The van der Waals surface area contributed by atoms with Crippen molar-refractivity contribution in [1.82, 2.24) is 0 Å². The lowest BCUT2D eigenvalue weighted by molar-refractivity contribution is 0.282. The molecule has 0 radical (unpaired) electrons. The molecular weight excluding hydrogens is 508 g/mol. The molecule has 0 aliphatic carbocycles. The first kappa shape index (κ1) is 29.5. The van der Waals surface area contributed by atoms with Crippen LogP contribution in [0.5, 0.6) is 17.2 Å². The summed E-state index contributed by atoms with van der Waals surface area (Å²) in [6.45, 7) is 0.316. The molecular formula is C33H42O7. The van der Waals surface area contributed by atoms with E-state index in [0.717, 1.165) is 43.3 Å². The van der Waals surface area contributed by atoms with Crippen LogP contribution in [0.1, 0.15) is 76.4 Å². The van der Waals surface area contributed by atoms with Crippen LogP contribution in [-0.4, -0.2) is 33.0 Å². The molecule has 40 heavy (non-hydrogen) atoms. The third-order valence-electron chi connectivity index (χ3n) is 7.48. The highest BCUT2D eigenvalue weighted by Gasteiger charge is 2.19. The van der Waals surface area contributed by atoms with Crippen LogP contribution in [0, 0.1) is 0 Å². The van der Waals surface area contributed by atoms with Crippen molar-refractivity contribution in [3.8, 4) is 28.6 Å². The quantitative estimate of drug-likeness (QED) is 0.133. The zero-order valence-electron chi connectivity index (χ0n) is 24.1. The second kappa shape index (κ2) is 14.8. The van der Waals surface area contributed by atoms with Gasteiger partial charge in [0.25, 0.3) is 0 Å². The van der Waals surface area contributed by atoms with E-state index in [1.54, 1.807) is 39.5 Å². The summed E-state index contributed by atoms with van der Waals surface area (Å²) in [6, 6.07) is 10.6. The molecule has 2 heterocycles. The second-order valence-corrected chi connectivity index (χ2v) is 10.3. The maximum absolute atomic E-state index is 13.3. The first-order valence-corrected chi connectivity index (χ1v) is 14.5. The lowest BCUT2D eigenvalue weighted by Gasteiger charge is -2.10. The van der Waals surface area contributed by atoms with Gasteiger partial charge in [0.1, 0.15) is 28.2 Å². The molecule has 4 aromatic rings. The second-order valence-electron chi connectivity index (χ2n) is 10.3. The van der Waals surface area contributed by atoms with Gasteiger partial charge >= 0.3 is 0 Å². The Morgan fingerprint density at radius 3 is 1.93 bits per heavy atom. The zero-order valence-corrected chi connectivity index (χ0v) is 24.1. The molecule has 4 rings (SSSR count). The van der Waals surface area contributed by atoms with Crippen LogP contribution >= 0.6 is 0 Å². The number of unbranched alkanes of at least 4 members (excludes halogenated alkanes) is 10. The van der Waals surface area contributed by atoms with Crippen molar-refractivity contribution in [3.63, 3.8) is 0 Å². The molecule has 0 unspecified atom stereocenters. The number of rotatable bonds is 17. The molecule has 7 heteroatoms. The van der Waals surface area contributed by atoms with Crippen LogP contribution in [0.3, 0.4) is 0 Å². The monoisotopic (exact) mass is 550 g/mol. The average molecular weight is 551 g/mol. The minimum absolute atomic E-state index is 0.173. The van der Waals surface area contributed by atoms with Crippen molar-refractivity contribution < 1.29 is 28.2 Å². The maximum Gasteiger partial charge on any atom is 0.197 e. The Hall–Kier alpha value is -3.45. The standard InChI is InChI=1S/C33H42O7/c1-36-27-17-16-23(19-30(27)38-3)28-21-26(35)32-31(40-28)22-29(37-2)25-20-24(39-33(25)32)15-13-11-9-7-5-4-6-8-10-12-14-18-34/h16-17,19-22,34H,4-15,18H2,1-3H3. The number of hydrogen-bond acceptors (Lipinski definition) is 7. The molecule has 0 aliphatic rings. The van der Waals surface area contributed by atoms with Gasteiger partial charge in [-0.3, -0.25) is 4.79 Å². The van der Waals surface area contributed by atoms with Crippen LogP contribution in [0.2, 0.25) is 0 Å². The number of benzene rings is 2. The van der Waals surface area contributed by atoms with Crippen molar-refractivity contribution in [2.75, 3.05) is 27.9 Å². The number of methoxy groups -OCH3 is 3. The first-order chi connectivity index (χ1) is 19.6. The highest BCUT2D eigenvalue weighted by Crippen LogP contribution is 2.37. The number of aryl methyl sites for hydroxylation is 1. The number of ether oxygens (including phenoxy) is 3. The zero-order chi connectivity index (χ0) is 28.3. The highest BCUT2D eigenvalue weighted by molar-refractivity contribution is 6.05. The lowest BCUT2D eigenvalue weighted by Crippen LogP contribution is -2.01. The number of fused-ring (bicyclic) bond motifs is 3.